The molecule has 1 N–H and O–H groups in total. The normalized spacial score (nSPS) is 11.6. The second kappa shape index (κ2) is 12.9. The first kappa shape index (κ1) is 27.8. The zero-order chi connectivity index (χ0) is 26.1. The van der Waals surface area contributed by atoms with Gasteiger partial charge in [-0.1, -0.05) is 62.7 Å². The van der Waals surface area contributed by atoms with Gasteiger partial charge in [0.05, 0.1) is 6.54 Å². The minimum Gasteiger partial charge on any atom is -0.385 e. The first-order chi connectivity index (χ1) is 17.2. The molecule has 0 radical (unpaired) electrons. The van der Waals surface area contributed by atoms with Gasteiger partial charge in [-0.2, -0.15) is 0 Å². The molecule has 36 heavy (non-hydrogen) atoms. The first-order valence-electron chi connectivity index (χ1n) is 12.5. The predicted molar refractivity (Wildman–Crippen MR) is 146 cm³/mol. The van der Waals surface area contributed by atoms with E-state index in [2.05, 4.69) is 11.1 Å². The van der Waals surface area contributed by atoms with Gasteiger partial charge in [-0.05, 0) is 47.6 Å². The highest BCUT2D eigenvalue weighted by Crippen LogP contribution is 2.21. The molecule has 2 aromatic carbocycles. The van der Waals surface area contributed by atoms with Crippen molar-refractivity contribution in [2.75, 3.05) is 33.4 Å². The first-order valence-corrected chi connectivity index (χ1v) is 12.9. The van der Waals surface area contributed by atoms with Crippen LogP contribution in [0.15, 0.2) is 54.7 Å². The minimum absolute atomic E-state index is 0.00461. The average molecular weight is 512 g/mol. The molecule has 0 unspecified atom stereocenters. The monoisotopic (exact) mass is 511 g/mol. The molecule has 3 rings (SSSR count). The van der Waals surface area contributed by atoms with E-state index in [0.717, 1.165) is 16.5 Å². The van der Waals surface area contributed by atoms with Gasteiger partial charge < -0.3 is 19.5 Å². The van der Waals surface area contributed by atoms with E-state index in [9.17, 15) is 9.59 Å². The van der Waals surface area contributed by atoms with E-state index in [1.54, 1.807) is 12.0 Å². The summed E-state index contributed by atoms with van der Waals surface area (Å²) in [4.78, 5) is 33.6. The Labute approximate surface area is 219 Å². The number of nitrogens with one attached hydrogen (secondary N) is 1. The summed E-state index contributed by atoms with van der Waals surface area (Å²) >= 11 is 6.07. The summed E-state index contributed by atoms with van der Waals surface area (Å²) in [5.41, 5.74) is 3.09. The lowest BCUT2D eigenvalue weighted by molar-refractivity contribution is -0.142. The van der Waals surface area contributed by atoms with Crippen LogP contribution in [-0.2, 0) is 27.3 Å². The predicted octanol–water partition coefficient (Wildman–Crippen LogP) is 5.69. The van der Waals surface area contributed by atoms with Crippen LogP contribution in [0, 0.1) is 5.41 Å². The third-order valence-corrected chi connectivity index (χ3v) is 6.35. The standard InChI is InChI=1S/C29H38ClN3O3/c1-29(2,3)18-27(34)32(15-7-17-36-4)21-28(35)33(20-22-10-12-24(30)13-11-22)16-14-23-19-31-26-9-6-5-8-25(23)26/h5-6,8-13,19,31H,7,14-18,20-21H2,1-4H3. The molecule has 2 amide bonds. The molecule has 0 atom stereocenters. The van der Waals surface area contributed by atoms with E-state index in [4.69, 9.17) is 16.3 Å². The van der Waals surface area contributed by atoms with Gasteiger partial charge in [-0.25, -0.2) is 0 Å². The fraction of sp³-hybridized carbons (Fsp3) is 0.448. The van der Waals surface area contributed by atoms with Gasteiger partial charge in [0.25, 0.3) is 0 Å². The Morgan fingerprint density at radius 1 is 0.972 bits per heavy atom. The Morgan fingerprint density at radius 2 is 1.69 bits per heavy atom. The average Bonchev–Trinajstić information content (AvgIpc) is 3.24. The number of amides is 2. The molecule has 194 valence electrons. The Kier molecular flexibility index (Phi) is 9.97. The maximum atomic E-state index is 13.6. The Bertz CT molecular complexity index is 1130. The molecular formula is C29H38ClN3O3. The second-order valence-electron chi connectivity index (χ2n) is 10.5. The number of ether oxygens (including phenoxy) is 1. The van der Waals surface area contributed by atoms with Crippen molar-refractivity contribution in [1.29, 1.82) is 0 Å². The number of aromatic nitrogens is 1. The SMILES string of the molecule is COCCCN(CC(=O)N(CCc1c[nH]c2ccccc12)Cc1ccc(Cl)cc1)C(=O)CC(C)(C)C. The fourth-order valence-electron chi connectivity index (χ4n) is 4.22. The molecular weight excluding hydrogens is 474 g/mol. The van der Waals surface area contributed by atoms with Gasteiger partial charge >= 0.3 is 0 Å². The van der Waals surface area contributed by atoms with Crippen molar-refractivity contribution in [1.82, 2.24) is 14.8 Å². The zero-order valence-electron chi connectivity index (χ0n) is 21.9. The van der Waals surface area contributed by atoms with Gasteiger partial charge in [0, 0.05) is 61.9 Å². The molecule has 0 fully saturated rings. The smallest absolute Gasteiger partial charge is 0.242 e. The van der Waals surface area contributed by atoms with Crippen molar-refractivity contribution in [3.63, 3.8) is 0 Å². The minimum atomic E-state index is -0.155. The molecule has 0 bridgehead atoms. The number of carbonyl (C=O) groups excluding carboxylic acids is 2. The molecule has 0 aliphatic carbocycles. The van der Waals surface area contributed by atoms with Gasteiger partial charge in [0.1, 0.15) is 0 Å². The summed E-state index contributed by atoms with van der Waals surface area (Å²) in [6.45, 7) is 8.20. The van der Waals surface area contributed by atoms with E-state index >= 15 is 0 Å². The van der Waals surface area contributed by atoms with Crippen LogP contribution < -0.4 is 0 Å². The van der Waals surface area contributed by atoms with Gasteiger partial charge in [-0.3, -0.25) is 9.59 Å². The van der Waals surface area contributed by atoms with Crippen LogP contribution in [-0.4, -0.2) is 59.9 Å². The van der Waals surface area contributed by atoms with Crippen molar-refractivity contribution in [2.45, 2.75) is 46.6 Å². The number of benzene rings is 2. The van der Waals surface area contributed by atoms with Crippen LogP contribution in [0.3, 0.4) is 0 Å². The van der Waals surface area contributed by atoms with Gasteiger partial charge in [0.2, 0.25) is 11.8 Å². The lowest BCUT2D eigenvalue weighted by atomic mass is 9.91. The highest BCUT2D eigenvalue weighted by atomic mass is 35.5. The number of carbonyl (C=O) groups is 2. The molecule has 0 saturated heterocycles. The van der Waals surface area contributed by atoms with E-state index in [-0.39, 0.29) is 23.8 Å². The van der Waals surface area contributed by atoms with Crippen LogP contribution in [0.1, 0.15) is 44.7 Å². The number of fused-ring (bicyclic) bond motifs is 1. The summed E-state index contributed by atoms with van der Waals surface area (Å²) in [5, 5.41) is 1.82. The lowest BCUT2D eigenvalue weighted by Gasteiger charge is -2.30. The summed E-state index contributed by atoms with van der Waals surface area (Å²) in [6, 6.07) is 15.7. The number of halogens is 1. The van der Waals surface area contributed by atoms with Crippen molar-refractivity contribution in [3.8, 4) is 0 Å². The molecule has 0 spiro atoms. The van der Waals surface area contributed by atoms with Crippen molar-refractivity contribution >= 4 is 34.3 Å². The maximum Gasteiger partial charge on any atom is 0.242 e. The highest BCUT2D eigenvalue weighted by molar-refractivity contribution is 6.30. The molecule has 3 aromatic rings. The molecule has 0 saturated carbocycles. The number of hydrogen-bond acceptors (Lipinski definition) is 3. The number of aromatic amines is 1. The number of hydrogen-bond donors (Lipinski definition) is 1. The van der Waals surface area contributed by atoms with Crippen LogP contribution in [0.25, 0.3) is 10.9 Å². The summed E-state index contributed by atoms with van der Waals surface area (Å²) < 4.78 is 5.18. The molecule has 0 aliphatic heterocycles. The van der Waals surface area contributed by atoms with Gasteiger partial charge in [0.15, 0.2) is 0 Å². The topological polar surface area (TPSA) is 65.6 Å². The highest BCUT2D eigenvalue weighted by Gasteiger charge is 2.25. The van der Waals surface area contributed by atoms with Crippen LogP contribution in [0.4, 0.5) is 0 Å². The van der Waals surface area contributed by atoms with E-state index in [1.807, 2.05) is 74.3 Å². The molecule has 6 nitrogen and oxygen atoms in total. The Balaban J connectivity index is 1.77. The lowest BCUT2D eigenvalue weighted by Crippen LogP contribution is -2.44. The quantitative estimate of drug-likeness (QED) is 0.317. The number of nitrogens with zero attached hydrogens (tertiary/aromatic N) is 2. The third-order valence-electron chi connectivity index (χ3n) is 6.10. The Hall–Kier alpha value is -2.83. The van der Waals surface area contributed by atoms with Crippen molar-refractivity contribution < 1.29 is 14.3 Å². The third kappa shape index (κ3) is 8.38. The molecule has 1 heterocycles. The number of H-pyrrole nitrogens is 1. The van der Waals surface area contributed by atoms with Crippen molar-refractivity contribution in [3.05, 3.63) is 70.9 Å². The van der Waals surface area contributed by atoms with E-state index < -0.39 is 0 Å². The van der Waals surface area contributed by atoms with Crippen LogP contribution in [0.5, 0.6) is 0 Å². The molecule has 0 aliphatic rings. The number of rotatable bonds is 12. The second-order valence-corrected chi connectivity index (χ2v) is 10.9. The van der Waals surface area contributed by atoms with Crippen LogP contribution >= 0.6 is 11.6 Å². The summed E-state index contributed by atoms with van der Waals surface area (Å²) in [5.74, 6) is -0.0699. The maximum absolute atomic E-state index is 13.6. The van der Waals surface area contributed by atoms with E-state index in [1.165, 1.54) is 5.56 Å². The van der Waals surface area contributed by atoms with Crippen molar-refractivity contribution in [2.24, 2.45) is 5.41 Å². The molecule has 1 aromatic heterocycles. The summed E-state index contributed by atoms with van der Waals surface area (Å²) in [6.07, 6.45) is 3.80. The molecule has 7 heteroatoms. The fourth-order valence-corrected chi connectivity index (χ4v) is 4.34. The van der Waals surface area contributed by atoms with E-state index in [0.29, 0.717) is 50.5 Å². The van der Waals surface area contributed by atoms with Crippen LogP contribution in [0.2, 0.25) is 5.02 Å². The number of methoxy groups -OCH3 is 1. The van der Waals surface area contributed by atoms with Gasteiger partial charge in [-0.15, -0.1) is 0 Å². The largest absolute Gasteiger partial charge is 0.385 e. The summed E-state index contributed by atoms with van der Waals surface area (Å²) in [7, 11) is 1.64. The Morgan fingerprint density at radius 3 is 2.39 bits per heavy atom. The number of para-hydroxylation sites is 1. The zero-order valence-corrected chi connectivity index (χ0v) is 22.6.